The molecule has 5 heteroatoms. The number of imide groups is 1. The summed E-state index contributed by atoms with van der Waals surface area (Å²) in [6, 6.07) is 0. The van der Waals surface area contributed by atoms with Gasteiger partial charge in [0.25, 0.3) is 3.91 Å². The summed E-state index contributed by atoms with van der Waals surface area (Å²) in [5.41, 5.74) is 0. The molecule has 0 atom stereocenters. The average molecular weight is 257 g/mol. The van der Waals surface area contributed by atoms with Crippen LogP contribution in [0.2, 0.25) is 0 Å². The number of aliphatic hydroxyl groups excluding tert-OH is 1. The van der Waals surface area contributed by atoms with Crippen LogP contribution in [0.25, 0.3) is 0 Å². The summed E-state index contributed by atoms with van der Waals surface area (Å²) in [4.78, 5) is 20.8. The SMILES string of the molecule is O=C(I)NC(=O)CCCO. The molecule has 0 aromatic heterocycles. The molecule has 0 fully saturated rings. The third-order valence-corrected chi connectivity index (χ3v) is 1.07. The van der Waals surface area contributed by atoms with Gasteiger partial charge in [-0.15, -0.1) is 0 Å². The molecule has 0 aliphatic rings. The van der Waals surface area contributed by atoms with Gasteiger partial charge in [0.05, 0.1) is 0 Å². The largest absolute Gasteiger partial charge is 0.396 e. The minimum Gasteiger partial charge on any atom is -0.396 e. The van der Waals surface area contributed by atoms with Crippen LogP contribution in [-0.4, -0.2) is 21.5 Å². The van der Waals surface area contributed by atoms with Crippen molar-refractivity contribution in [1.82, 2.24) is 5.32 Å². The number of hydrogen-bond donors (Lipinski definition) is 2. The number of nitrogens with one attached hydrogen (secondary N) is 1. The minimum atomic E-state index is -0.388. The molecular weight excluding hydrogens is 249 g/mol. The van der Waals surface area contributed by atoms with E-state index in [-0.39, 0.29) is 22.8 Å². The van der Waals surface area contributed by atoms with E-state index >= 15 is 0 Å². The van der Waals surface area contributed by atoms with Crippen LogP contribution in [0.4, 0.5) is 4.79 Å². The lowest BCUT2D eigenvalue weighted by Gasteiger charge is -1.96. The van der Waals surface area contributed by atoms with Crippen LogP contribution in [0.1, 0.15) is 12.8 Å². The molecule has 0 unspecified atom stereocenters. The molecule has 2 amide bonds. The van der Waals surface area contributed by atoms with E-state index in [1.807, 2.05) is 0 Å². The summed E-state index contributed by atoms with van der Waals surface area (Å²) in [6.45, 7) is -0.0249. The van der Waals surface area contributed by atoms with E-state index in [1.165, 1.54) is 22.6 Å². The Balaban J connectivity index is 3.35. The Hall–Kier alpha value is -0.170. The lowest BCUT2D eigenvalue weighted by Crippen LogP contribution is -2.24. The average Bonchev–Trinajstić information content (AvgIpc) is 1.82. The van der Waals surface area contributed by atoms with E-state index in [9.17, 15) is 9.59 Å². The van der Waals surface area contributed by atoms with E-state index in [0.717, 1.165) is 0 Å². The van der Waals surface area contributed by atoms with Crippen molar-refractivity contribution < 1.29 is 14.7 Å². The second-order valence-corrected chi connectivity index (χ2v) is 2.63. The fraction of sp³-hybridized carbons (Fsp3) is 0.600. The van der Waals surface area contributed by atoms with Gasteiger partial charge < -0.3 is 5.11 Å². The highest BCUT2D eigenvalue weighted by molar-refractivity contribution is 14.1. The van der Waals surface area contributed by atoms with Crippen molar-refractivity contribution in [3.63, 3.8) is 0 Å². The number of halogens is 1. The third kappa shape index (κ3) is 5.96. The zero-order valence-corrected chi connectivity index (χ0v) is 7.42. The molecule has 0 aliphatic carbocycles. The molecule has 0 rings (SSSR count). The standard InChI is InChI=1S/C5H8INO3/c6-5(10)7-4(9)2-1-3-8/h8H,1-3H2,(H,7,9,10). The molecular formula is C5H8INO3. The Bertz CT molecular complexity index is 137. The molecule has 0 heterocycles. The normalized spacial score (nSPS) is 9.00. The van der Waals surface area contributed by atoms with Crippen molar-refractivity contribution in [3.8, 4) is 0 Å². The summed E-state index contributed by atoms with van der Waals surface area (Å²) in [5, 5.41) is 10.4. The molecule has 0 saturated carbocycles. The molecule has 4 nitrogen and oxygen atoms in total. The van der Waals surface area contributed by atoms with Crippen LogP contribution >= 0.6 is 22.6 Å². The van der Waals surface area contributed by atoms with Crippen molar-refractivity contribution in [2.45, 2.75) is 12.8 Å². The van der Waals surface area contributed by atoms with E-state index < -0.39 is 0 Å². The topological polar surface area (TPSA) is 66.4 Å². The molecule has 0 aromatic rings. The van der Waals surface area contributed by atoms with E-state index in [2.05, 4.69) is 5.32 Å². The summed E-state index contributed by atoms with van der Waals surface area (Å²) in [6.07, 6.45) is 0.598. The van der Waals surface area contributed by atoms with E-state index in [0.29, 0.717) is 6.42 Å². The Kier molecular flexibility index (Phi) is 5.51. The summed E-state index contributed by atoms with van der Waals surface area (Å²) in [7, 11) is 0. The quantitative estimate of drug-likeness (QED) is 0.437. The van der Waals surface area contributed by atoms with Gasteiger partial charge >= 0.3 is 0 Å². The third-order valence-electron chi connectivity index (χ3n) is 0.800. The molecule has 0 saturated heterocycles. The predicted octanol–water partition coefficient (Wildman–Crippen LogP) is 0.430. The van der Waals surface area contributed by atoms with E-state index in [4.69, 9.17) is 5.11 Å². The van der Waals surface area contributed by atoms with Gasteiger partial charge in [0.15, 0.2) is 0 Å². The van der Waals surface area contributed by atoms with Crippen molar-refractivity contribution in [3.05, 3.63) is 0 Å². The molecule has 0 radical (unpaired) electrons. The van der Waals surface area contributed by atoms with Gasteiger partial charge in [-0.3, -0.25) is 14.9 Å². The Morgan fingerprint density at radius 3 is 2.50 bits per heavy atom. The van der Waals surface area contributed by atoms with Crippen LogP contribution in [-0.2, 0) is 4.79 Å². The highest BCUT2D eigenvalue weighted by Gasteiger charge is 2.02. The maximum absolute atomic E-state index is 10.6. The first kappa shape index (κ1) is 9.83. The Labute approximate surface area is 72.1 Å². The molecule has 0 aromatic carbocycles. The number of rotatable bonds is 3. The van der Waals surface area contributed by atoms with Gasteiger partial charge in [-0.25, -0.2) is 0 Å². The van der Waals surface area contributed by atoms with Crippen molar-refractivity contribution in [2.75, 3.05) is 6.61 Å². The summed E-state index contributed by atoms with van der Waals surface area (Å²) >= 11 is 1.48. The van der Waals surface area contributed by atoms with Gasteiger partial charge in [0, 0.05) is 35.6 Å². The molecule has 0 bridgehead atoms. The highest BCUT2D eigenvalue weighted by atomic mass is 127. The monoisotopic (exact) mass is 257 g/mol. The molecule has 0 spiro atoms. The predicted molar refractivity (Wildman–Crippen MR) is 43.9 cm³/mol. The van der Waals surface area contributed by atoms with Gasteiger partial charge in [-0.1, -0.05) is 0 Å². The Morgan fingerprint density at radius 2 is 2.10 bits per heavy atom. The Morgan fingerprint density at radius 1 is 1.50 bits per heavy atom. The maximum Gasteiger partial charge on any atom is 0.287 e. The summed E-state index contributed by atoms with van der Waals surface area (Å²) < 4.78 is -0.388. The maximum atomic E-state index is 10.6. The lowest BCUT2D eigenvalue weighted by atomic mass is 10.3. The second-order valence-electron chi connectivity index (χ2n) is 1.65. The lowest BCUT2D eigenvalue weighted by molar-refractivity contribution is -0.120. The first-order chi connectivity index (χ1) is 4.66. The number of carbonyl (C=O) groups excluding carboxylic acids is 2. The van der Waals surface area contributed by atoms with E-state index in [1.54, 1.807) is 0 Å². The highest BCUT2D eigenvalue weighted by Crippen LogP contribution is 1.89. The van der Waals surface area contributed by atoms with Crippen LogP contribution in [0.15, 0.2) is 0 Å². The van der Waals surface area contributed by atoms with Gasteiger partial charge in [-0.05, 0) is 6.42 Å². The first-order valence-electron chi connectivity index (χ1n) is 2.77. The van der Waals surface area contributed by atoms with Crippen LogP contribution in [0, 0.1) is 0 Å². The zero-order chi connectivity index (χ0) is 7.98. The smallest absolute Gasteiger partial charge is 0.287 e. The fourth-order valence-electron chi connectivity index (χ4n) is 0.412. The number of hydrogen-bond acceptors (Lipinski definition) is 3. The minimum absolute atomic E-state index is 0.0249. The van der Waals surface area contributed by atoms with Crippen LogP contribution < -0.4 is 5.32 Å². The summed E-state index contributed by atoms with van der Waals surface area (Å²) in [5.74, 6) is -0.339. The van der Waals surface area contributed by atoms with Gasteiger partial charge in [0.1, 0.15) is 0 Å². The van der Waals surface area contributed by atoms with Crippen LogP contribution in [0.5, 0.6) is 0 Å². The van der Waals surface area contributed by atoms with Gasteiger partial charge in [0.2, 0.25) is 5.91 Å². The first-order valence-corrected chi connectivity index (χ1v) is 3.85. The van der Waals surface area contributed by atoms with Crippen molar-refractivity contribution in [2.24, 2.45) is 0 Å². The molecule has 58 valence electrons. The van der Waals surface area contributed by atoms with Crippen molar-refractivity contribution in [1.29, 1.82) is 0 Å². The fourth-order valence-corrected chi connectivity index (χ4v) is 0.713. The van der Waals surface area contributed by atoms with Crippen molar-refractivity contribution >= 4 is 32.4 Å². The second kappa shape index (κ2) is 5.60. The zero-order valence-electron chi connectivity index (χ0n) is 5.26. The number of amides is 2. The van der Waals surface area contributed by atoms with Gasteiger partial charge in [-0.2, -0.15) is 0 Å². The number of aliphatic hydroxyl groups is 1. The molecule has 10 heavy (non-hydrogen) atoms. The number of carbonyl (C=O) groups is 2. The molecule has 2 N–H and O–H groups in total. The van der Waals surface area contributed by atoms with Crippen LogP contribution in [0.3, 0.4) is 0 Å². The molecule has 0 aliphatic heterocycles.